The van der Waals surface area contributed by atoms with E-state index in [0.29, 0.717) is 17.3 Å². The van der Waals surface area contributed by atoms with Crippen molar-refractivity contribution in [3.63, 3.8) is 0 Å². The molecule has 1 aromatic heterocycles. The molecule has 0 fully saturated rings. The van der Waals surface area contributed by atoms with E-state index in [9.17, 15) is 4.39 Å². The van der Waals surface area contributed by atoms with E-state index < -0.39 is 0 Å². The Morgan fingerprint density at radius 1 is 1.50 bits per heavy atom. The molecule has 1 N–H and O–H groups in total. The zero-order valence-corrected chi connectivity index (χ0v) is 9.55. The molecule has 5 heteroatoms. The Morgan fingerprint density at radius 2 is 2.38 bits per heavy atom. The van der Waals surface area contributed by atoms with Gasteiger partial charge in [0.1, 0.15) is 12.1 Å². The van der Waals surface area contributed by atoms with Gasteiger partial charge in [-0.05, 0) is 30.9 Å². The molecule has 0 bridgehead atoms. The van der Waals surface area contributed by atoms with Crippen molar-refractivity contribution < 1.29 is 8.81 Å². The van der Waals surface area contributed by atoms with Crippen LogP contribution < -0.4 is 5.32 Å². The highest BCUT2D eigenvalue weighted by atomic mass is 32.2. The van der Waals surface area contributed by atoms with E-state index in [1.54, 1.807) is 19.3 Å². The van der Waals surface area contributed by atoms with Gasteiger partial charge in [-0.2, -0.15) is 0 Å². The minimum atomic E-state index is -0.217. The monoisotopic (exact) mass is 238 g/mol. The van der Waals surface area contributed by atoms with Crippen LogP contribution in [0.15, 0.2) is 45.2 Å². The first-order valence-electron chi connectivity index (χ1n) is 4.80. The lowest BCUT2D eigenvalue weighted by Crippen LogP contribution is -2.08. The van der Waals surface area contributed by atoms with Gasteiger partial charge in [0.15, 0.2) is 0 Å². The van der Waals surface area contributed by atoms with Crippen molar-refractivity contribution in [1.29, 1.82) is 0 Å². The first-order chi connectivity index (χ1) is 7.81. The number of halogens is 1. The van der Waals surface area contributed by atoms with E-state index in [-0.39, 0.29) is 5.82 Å². The van der Waals surface area contributed by atoms with Crippen LogP contribution in [0.3, 0.4) is 0 Å². The maximum absolute atomic E-state index is 13.6. The van der Waals surface area contributed by atoms with Crippen LogP contribution in [0.25, 0.3) is 0 Å². The number of benzene rings is 1. The Labute approximate surface area is 97.1 Å². The lowest BCUT2D eigenvalue weighted by molar-refractivity contribution is 0.454. The summed E-state index contributed by atoms with van der Waals surface area (Å²) in [5.74, 6) is -0.217. The molecule has 0 aliphatic carbocycles. The fourth-order valence-corrected chi connectivity index (χ4v) is 2.18. The molecule has 16 heavy (non-hydrogen) atoms. The van der Waals surface area contributed by atoms with Gasteiger partial charge in [-0.15, -0.1) is 0 Å². The van der Waals surface area contributed by atoms with E-state index in [1.165, 1.54) is 24.1 Å². The molecule has 0 radical (unpaired) electrons. The molecule has 84 valence electrons. The normalized spacial score (nSPS) is 10.6. The van der Waals surface area contributed by atoms with Crippen LogP contribution in [-0.4, -0.2) is 12.0 Å². The van der Waals surface area contributed by atoms with Crippen LogP contribution in [0, 0.1) is 5.82 Å². The van der Waals surface area contributed by atoms with E-state index in [1.807, 2.05) is 6.07 Å². The fraction of sp³-hybridized carbons (Fsp3) is 0.182. The van der Waals surface area contributed by atoms with E-state index >= 15 is 0 Å². The third-order valence-corrected chi connectivity index (χ3v) is 3.02. The van der Waals surface area contributed by atoms with Crippen molar-refractivity contribution in [2.45, 2.75) is 16.7 Å². The Balaban J connectivity index is 2.29. The van der Waals surface area contributed by atoms with E-state index in [0.717, 1.165) is 4.90 Å². The number of hydrogen-bond acceptors (Lipinski definition) is 4. The topological polar surface area (TPSA) is 38.1 Å². The van der Waals surface area contributed by atoms with Crippen LogP contribution in [0.5, 0.6) is 0 Å². The molecule has 0 amide bonds. The molecule has 1 aromatic carbocycles. The Kier molecular flexibility index (Phi) is 3.58. The summed E-state index contributed by atoms with van der Waals surface area (Å²) in [6, 6.07) is 4.98. The molecule has 0 aliphatic rings. The van der Waals surface area contributed by atoms with Crippen molar-refractivity contribution in [2.75, 3.05) is 7.05 Å². The number of nitrogens with zero attached hydrogens (tertiary/aromatic N) is 1. The van der Waals surface area contributed by atoms with Gasteiger partial charge in [0.05, 0.1) is 6.20 Å². The molecular weight excluding hydrogens is 227 g/mol. The molecule has 2 rings (SSSR count). The number of aromatic nitrogens is 1. The van der Waals surface area contributed by atoms with Gasteiger partial charge in [-0.1, -0.05) is 6.07 Å². The summed E-state index contributed by atoms with van der Waals surface area (Å²) in [7, 11) is 1.78. The summed E-state index contributed by atoms with van der Waals surface area (Å²) in [4.78, 5) is 4.81. The molecular formula is C11H11FN2OS. The lowest BCUT2D eigenvalue weighted by Gasteiger charge is -2.07. The van der Waals surface area contributed by atoms with Crippen molar-refractivity contribution in [2.24, 2.45) is 0 Å². The van der Waals surface area contributed by atoms with Crippen LogP contribution in [0.1, 0.15) is 5.56 Å². The predicted octanol–water partition coefficient (Wildman–Crippen LogP) is 2.68. The molecule has 0 saturated heterocycles. The second-order valence-electron chi connectivity index (χ2n) is 3.15. The van der Waals surface area contributed by atoms with Gasteiger partial charge < -0.3 is 9.73 Å². The van der Waals surface area contributed by atoms with Gasteiger partial charge in [-0.3, -0.25) is 0 Å². The smallest absolute Gasteiger partial charge is 0.260 e. The maximum Gasteiger partial charge on any atom is 0.260 e. The van der Waals surface area contributed by atoms with Crippen LogP contribution >= 0.6 is 11.8 Å². The average Bonchev–Trinajstić information content (AvgIpc) is 2.76. The highest BCUT2D eigenvalue weighted by Crippen LogP contribution is 2.30. The minimum absolute atomic E-state index is 0.217. The van der Waals surface area contributed by atoms with Crippen molar-refractivity contribution in [3.05, 3.63) is 42.0 Å². The van der Waals surface area contributed by atoms with E-state index in [4.69, 9.17) is 4.42 Å². The Morgan fingerprint density at radius 3 is 3.06 bits per heavy atom. The molecule has 0 unspecified atom stereocenters. The first-order valence-corrected chi connectivity index (χ1v) is 5.62. The first kappa shape index (κ1) is 11.2. The SMILES string of the molecule is CNCc1c(F)cccc1Sc1ncco1. The van der Waals surface area contributed by atoms with Crippen molar-refractivity contribution in [1.82, 2.24) is 10.3 Å². The highest BCUT2D eigenvalue weighted by Gasteiger charge is 2.10. The van der Waals surface area contributed by atoms with Crippen LogP contribution in [0.2, 0.25) is 0 Å². The second kappa shape index (κ2) is 5.14. The van der Waals surface area contributed by atoms with Gasteiger partial charge in [-0.25, -0.2) is 9.37 Å². The van der Waals surface area contributed by atoms with Gasteiger partial charge in [0.25, 0.3) is 5.22 Å². The number of hydrogen-bond donors (Lipinski definition) is 1. The van der Waals surface area contributed by atoms with Gasteiger partial charge >= 0.3 is 0 Å². The zero-order valence-electron chi connectivity index (χ0n) is 8.74. The Hall–Kier alpha value is -1.33. The largest absolute Gasteiger partial charge is 0.440 e. The third kappa shape index (κ3) is 2.43. The fourth-order valence-electron chi connectivity index (χ4n) is 1.34. The molecule has 0 spiro atoms. The summed E-state index contributed by atoms with van der Waals surface area (Å²) >= 11 is 1.32. The summed E-state index contributed by atoms with van der Waals surface area (Å²) in [6.45, 7) is 0.482. The van der Waals surface area contributed by atoms with Gasteiger partial charge in [0, 0.05) is 17.0 Å². The quantitative estimate of drug-likeness (QED) is 0.888. The summed E-state index contributed by atoms with van der Waals surface area (Å²) in [5, 5.41) is 3.46. The molecule has 2 aromatic rings. The zero-order chi connectivity index (χ0) is 11.4. The third-order valence-electron chi connectivity index (χ3n) is 2.04. The van der Waals surface area contributed by atoms with Gasteiger partial charge in [0.2, 0.25) is 0 Å². The van der Waals surface area contributed by atoms with Crippen LogP contribution in [0.4, 0.5) is 4.39 Å². The maximum atomic E-state index is 13.6. The molecule has 1 heterocycles. The number of rotatable bonds is 4. The Bertz CT molecular complexity index is 459. The molecule has 0 aliphatic heterocycles. The van der Waals surface area contributed by atoms with E-state index in [2.05, 4.69) is 10.3 Å². The predicted molar refractivity (Wildman–Crippen MR) is 59.8 cm³/mol. The lowest BCUT2D eigenvalue weighted by atomic mass is 10.2. The number of nitrogens with one attached hydrogen (secondary N) is 1. The molecule has 0 atom stereocenters. The second-order valence-corrected chi connectivity index (χ2v) is 4.14. The van der Waals surface area contributed by atoms with Crippen LogP contribution in [-0.2, 0) is 6.54 Å². The van der Waals surface area contributed by atoms with Crippen molar-refractivity contribution >= 4 is 11.8 Å². The summed E-state index contributed by atoms with van der Waals surface area (Å²) < 4.78 is 18.7. The summed E-state index contributed by atoms with van der Waals surface area (Å²) in [5.41, 5.74) is 0.633. The highest BCUT2D eigenvalue weighted by molar-refractivity contribution is 7.99. The summed E-state index contributed by atoms with van der Waals surface area (Å²) in [6.07, 6.45) is 3.07. The average molecular weight is 238 g/mol. The minimum Gasteiger partial charge on any atom is -0.440 e. The molecule has 0 saturated carbocycles. The van der Waals surface area contributed by atoms with Crippen molar-refractivity contribution in [3.8, 4) is 0 Å². The number of oxazole rings is 1. The standard InChI is InChI=1S/C11H11FN2OS/c1-13-7-8-9(12)3-2-4-10(8)16-11-14-5-6-15-11/h2-6,13H,7H2,1H3. The molecule has 3 nitrogen and oxygen atoms in total.